The van der Waals surface area contributed by atoms with Crippen molar-refractivity contribution < 1.29 is 196 Å². The number of aromatic amines is 1. The molecule has 0 aliphatic carbocycles. The number of aliphatic imine (C=N–C) groups is 1. The van der Waals surface area contributed by atoms with E-state index in [9.17, 15) is 0 Å². The Morgan fingerprint density at radius 1 is 0.296 bits per heavy atom. The number of benzene rings is 6. The van der Waals surface area contributed by atoms with E-state index in [1.807, 2.05) is 352 Å². The van der Waals surface area contributed by atoms with Gasteiger partial charge in [0.05, 0.1) is 28.9 Å². The summed E-state index contributed by atoms with van der Waals surface area (Å²) in [6, 6.07) is 71.4. The second-order valence-electron chi connectivity index (χ2n) is 16.2. The fourth-order valence-corrected chi connectivity index (χ4v) is 5.64. The van der Waals surface area contributed by atoms with Crippen molar-refractivity contribution in [2.45, 2.75) is 238 Å². The van der Waals surface area contributed by atoms with Crippen molar-refractivity contribution in [2.75, 3.05) is 0 Å². The fraction of sp³-hybridized carbons (Fsp3) is 0.309. The average molecular weight is 2300 g/mol. The van der Waals surface area contributed by atoms with E-state index in [1.165, 1.54) is 40.7 Å². The van der Waals surface area contributed by atoms with Crippen LogP contribution >= 0.6 is 0 Å². The molecule has 8 heterocycles. The van der Waals surface area contributed by atoms with E-state index in [-0.39, 0.29) is 241 Å². The van der Waals surface area contributed by atoms with E-state index >= 15 is 0 Å². The summed E-state index contributed by atoms with van der Waals surface area (Å²) in [7, 11) is 0. The number of aromatic nitrogens is 14. The van der Waals surface area contributed by atoms with E-state index in [4.69, 9.17) is 36.1 Å². The van der Waals surface area contributed by atoms with Crippen molar-refractivity contribution in [1.29, 1.82) is 0 Å². The molecular weight excluding hydrogens is 2120 g/mol. The minimum atomic E-state index is 0. The van der Waals surface area contributed by atoms with E-state index in [2.05, 4.69) is 143 Å². The topological polar surface area (TPSA) is 275 Å². The zero-order chi connectivity index (χ0) is 96.6. The Morgan fingerprint density at radius 3 is 0.852 bits per heavy atom. The Kier molecular flexibility index (Phi) is 315. The first kappa shape index (κ1) is 198. The molecule has 0 amide bonds. The molecule has 0 spiro atoms. The SMILES string of the molecule is C.C.C.C.C.C.CC.CC.CC.CC.CC.CC.CC.CC.CC.CC.CC.CC.CC.CC.[CH-]=CC=[CH-].[CH-]=CC=[N-].[CH-]=CN=[CH-].[CH-]=Cc1[c-]cccc1.[N-]=Cc1[c-]cccc1.[N-]=Nc1[c-]cccc1.[Y].[Y].[Y].[Y].[Y].[Y].c1ccc2cnccc2c1.c1ccc2ncccc2c1.c1ccc2nccnc2c1.c1ccncc1.c1ccnnc1.c1cn[nH]n1.c1cnccn1.c1cncnc1. The third-order valence-corrected chi connectivity index (χ3v) is 9.64. The first-order valence-corrected chi connectivity index (χ1v) is 41.8. The van der Waals surface area contributed by atoms with Crippen LogP contribution in [0.3, 0.4) is 0 Å². The van der Waals surface area contributed by atoms with Gasteiger partial charge in [-0.25, -0.2) is 22.1 Å². The van der Waals surface area contributed by atoms with Crippen molar-refractivity contribution in [3.8, 4) is 0 Å². The predicted octanol–water partition coefficient (Wildman–Crippen LogP) is 34.2. The number of fused-ring (bicyclic) bond motifs is 3. The molecule has 6 aromatic carbocycles. The Bertz CT molecular complexity index is 3310. The number of hydrogen-bond donors (Lipinski definition) is 1. The number of nitrogens with one attached hydrogen (secondary N) is 1. The van der Waals surface area contributed by atoms with Crippen LogP contribution in [-0.2, 0) is 196 Å². The van der Waals surface area contributed by atoms with Gasteiger partial charge in [0.1, 0.15) is 6.33 Å². The van der Waals surface area contributed by atoms with Gasteiger partial charge in [-0.15, -0.1) is 42.5 Å². The molecule has 1 N–H and O–H groups in total. The minimum absolute atomic E-state index is 0. The Morgan fingerprint density at radius 2 is 0.622 bits per heavy atom. The van der Waals surface area contributed by atoms with Gasteiger partial charge in [-0.3, -0.25) is 53.8 Å². The fourth-order valence-electron chi connectivity index (χ4n) is 5.64. The van der Waals surface area contributed by atoms with Crippen molar-refractivity contribution in [3.63, 3.8) is 0 Å². The molecule has 14 rings (SSSR count). The molecule has 0 saturated heterocycles. The van der Waals surface area contributed by atoms with Crippen LogP contribution < -0.4 is 0 Å². The molecule has 14 aromatic rings. The van der Waals surface area contributed by atoms with E-state index in [0.717, 1.165) is 46.8 Å². The van der Waals surface area contributed by atoms with Crippen LogP contribution in [0.4, 0.5) is 5.69 Å². The largest absolute Gasteiger partial charge is 0.911 e. The summed E-state index contributed by atoms with van der Waals surface area (Å²) in [5, 5.41) is 38.9. The van der Waals surface area contributed by atoms with Gasteiger partial charge in [-0.1, -0.05) is 311 Å². The van der Waals surface area contributed by atoms with Crippen LogP contribution in [0.25, 0.3) is 55.1 Å². The summed E-state index contributed by atoms with van der Waals surface area (Å²) < 4.78 is 0. The first-order chi connectivity index (χ1) is 60.9. The number of hydrogen-bond acceptors (Lipinski definition) is 15. The van der Waals surface area contributed by atoms with Gasteiger partial charge in [0, 0.05) is 295 Å². The molecule has 135 heavy (non-hydrogen) atoms. The summed E-state index contributed by atoms with van der Waals surface area (Å²) in [4.78, 5) is 37.9. The van der Waals surface area contributed by atoms with Gasteiger partial charge in [0.15, 0.2) is 0 Å². The van der Waals surface area contributed by atoms with Crippen LogP contribution in [0.1, 0.15) is 250 Å². The monoisotopic (exact) mass is 2290 g/mol. The molecule has 0 aliphatic heterocycles. The maximum absolute atomic E-state index is 8.38. The number of rotatable bonds is 6. The number of H-pyrrole nitrogens is 1. The second kappa shape index (κ2) is 214. The van der Waals surface area contributed by atoms with Gasteiger partial charge in [0.25, 0.3) is 0 Å². The van der Waals surface area contributed by atoms with Gasteiger partial charge >= 0.3 is 0 Å². The number of nitrogens with zero attached hydrogens (tertiary/aromatic N) is 18. The number of para-hydroxylation sites is 3. The molecule has 0 saturated carbocycles. The van der Waals surface area contributed by atoms with Gasteiger partial charge < -0.3 is 89.0 Å². The van der Waals surface area contributed by atoms with E-state index < -0.39 is 0 Å². The molecule has 738 valence electrons. The second-order valence-corrected chi connectivity index (χ2v) is 16.2. The summed E-state index contributed by atoms with van der Waals surface area (Å²) >= 11 is 0. The van der Waals surface area contributed by atoms with E-state index in [0.29, 0.717) is 11.3 Å². The smallest absolute Gasteiger partial charge is 0.115 e. The van der Waals surface area contributed by atoms with Crippen LogP contribution in [0, 0.1) is 51.1 Å². The molecule has 8 aromatic heterocycles. The van der Waals surface area contributed by atoms with Crippen LogP contribution in [-0.4, -0.2) is 89.6 Å². The minimum Gasteiger partial charge on any atom is -0.911 e. The third kappa shape index (κ3) is 167. The third-order valence-electron chi connectivity index (χ3n) is 9.64. The summed E-state index contributed by atoms with van der Waals surface area (Å²) in [5.41, 5.74) is 13.2. The Labute approximate surface area is 981 Å². The Balaban J connectivity index is -0.0000000387. The van der Waals surface area contributed by atoms with Gasteiger partial charge in [-0.05, 0) is 71.4 Å². The molecule has 0 aliphatic rings. The van der Waals surface area contributed by atoms with Crippen LogP contribution in [0.15, 0.2) is 346 Å². The zero-order valence-corrected chi connectivity index (χ0v) is 100.0. The molecule has 19 nitrogen and oxygen atoms in total. The van der Waals surface area contributed by atoms with Gasteiger partial charge in [0.2, 0.25) is 0 Å². The predicted molar refractivity (Wildman–Crippen MR) is 581 cm³/mol. The summed E-state index contributed by atoms with van der Waals surface area (Å²) in [5.74, 6) is 0. The molecule has 0 unspecified atom stereocenters. The van der Waals surface area contributed by atoms with Crippen molar-refractivity contribution in [3.05, 3.63) is 415 Å². The number of pyridine rings is 3. The molecule has 0 atom stereocenters. The van der Waals surface area contributed by atoms with Crippen molar-refractivity contribution in [1.82, 2.24) is 70.5 Å². The standard InChI is InChI=1S/2C9H7N.C8H6N2.C8H6.C7H5N.C6H4N2.C5H5N.3C4H4N2.C4H4.2C3H3N.C2H3N3.14C2H6.6CH4.6Y/c1-2-6-9-8(4-1)5-3-7-10-9;1-2-4-9-7-10-6-5-8(9)3-1;1-2-4-8-7(3-1)9-5-6-10-8;1-2-8-6-4-3-5-7-8;8-6-7-4-2-1-3-5-7;7-8-6-4-2-1-3-5-6;1-2-4-6-5-3-1;1-2-6-4-3-5-1;1-2-5-4-6-3-1;1-2-4-6-5-3-1;2*1-3-4-2;1-2-3-4;1-2-4-5-3-1;14*1-2;;;;;;;;;;;;/h2*1-7H;1-6H;1-6H;1-4,6H;1-4H;1-5H;3*1-4H;1-4H;2*1-3H;1-2H,(H,3,4,5);14*1-2H3;6*1H4;;;;;;/q;;;3*-2;;;;;3*-2;;;;;;;;;;;;;;;;;;;;;;;;;;;. The summed E-state index contributed by atoms with van der Waals surface area (Å²) in [6.07, 6.45) is 38.2. The molecular formula is C110H173N19Y6-12. The van der Waals surface area contributed by atoms with E-state index in [1.54, 1.807) is 123 Å². The molecule has 0 fully saturated rings. The maximum Gasteiger partial charge on any atom is 0.115 e. The van der Waals surface area contributed by atoms with Gasteiger partial charge in [-0.2, -0.15) is 74.3 Å². The Hall–Kier alpha value is -7.06. The molecule has 25 heteroatoms. The van der Waals surface area contributed by atoms with Crippen LogP contribution in [0.5, 0.6) is 0 Å². The average Bonchev–Trinajstić information content (AvgIpc) is 1.13. The first-order valence-electron chi connectivity index (χ1n) is 41.8. The zero-order valence-electron chi connectivity index (χ0n) is 83.0. The quantitative estimate of drug-likeness (QED) is 0.0702. The van der Waals surface area contributed by atoms with Crippen LogP contribution in [0.2, 0.25) is 0 Å². The molecule has 0 bridgehead atoms. The summed E-state index contributed by atoms with van der Waals surface area (Å²) in [6.45, 7) is 84.3. The normalized spacial score (nSPS) is 6.52. The van der Waals surface area contributed by atoms with Crippen molar-refractivity contribution >= 4 is 63.6 Å². The van der Waals surface area contributed by atoms with Crippen molar-refractivity contribution in [2.24, 2.45) is 10.1 Å². The maximum atomic E-state index is 8.38. The molecule has 6 radical (unpaired) electrons. The number of allylic oxidation sites excluding steroid dienone is 3.